The Hall–Kier alpha value is -2.19. The zero-order valence-electron chi connectivity index (χ0n) is 16.6. The molecule has 4 rings (SSSR count). The number of likely N-dealkylation sites (tertiary alicyclic amines) is 1. The third-order valence-electron chi connectivity index (χ3n) is 5.89. The van der Waals surface area contributed by atoms with Crippen molar-refractivity contribution in [1.82, 2.24) is 4.90 Å². The van der Waals surface area contributed by atoms with Crippen LogP contribution in [0.4, 0.5) is 5.69 Å². The number of aryl methyl sites for hydroxylation is 1. The summed E-state index contributed by atoms with van der Waals surface area (Å²) >= 11 is 3.33. The summed E-state index contributed by atoms with van der Waals surface area (Å²) in [6.07, 6.45) is 3.47. The molecule has 0 unspecified atom stereocenters. The van der Waals surface area contributed by atoms with E-state index in [4.69, 9.17) is 0 Å². The lowest BCUT2D eigenvalue weighted by Crippen LogP contribution is -2.30. The van der Waals surface area contributed by atoms with Gasteiger partial charge in [0.15, 0.2) is 0 Å². The normalized spacial score (nSPS) is 21.6. The second-order valence-corrected chi connectivity index (χ2v) is 10.5. The minimum atomic E-state index is -3.82. The molecule has 1 heterocycles. The first-order valence-electron chi connectivity index (χ1n) is 9.99. The van der Waals surface area contributed by atoms with Crippen LogP contribution < -0.4 is 4.72 Å². The maximum absolute atomic E-state index is 13.0. The molecule has 2 amide bonds. The van der Waals surface area contributed by atoms with Crippen molar-refractivity contribution in [3.63, 3.8) is 0 Å². The Morgan fingerprint density at radius 2 is 1.70 bits per heavy atom. The van der Waals surface area contributed by atoms with Gasteiger partial charge in [-0.15, -0.1) is 0 Å². The van der Waals surface area contributed by atoms with Crippen LogP contribution >= 0.6 is 15.9 Å². The fraction of sp³-hybridized carbons (Fsp3) is 0.364. The Bertz CT molecular complexity index is 1090. The van der Waals surface area contributed by atoms with Crippen molar-refractivity contribution in [2.24, 2.45) is 11.8 Å². The lowest BCUT2D eigenvalue weighted by atomic mass is 9.81. The number of nitrogens with one attached hydrogen (secondary N) is 1. The van der Waals surface area contributed by atoms with Gasteiger partial charge in [0.05, 0.1) is 23.3 Å². The van der Waals surface area contributed by atoms with Crippen LogP contribution in [0.1, 0.15) is 36.8 Å². The van der Waals surface area contributed by atoms with Gasteiger partial charge in [-0.2, -0.15) is 0 Å². The molecule has 6 nitrogen and oxygen atoms in total. The summed E-state index contributed by atoms with van der Waals surface area (Å²) in [5.74, 6) is -0.667. The first-order valence-corrected chi connectivity index (χ1v) is 12.3. The number of carbonyl (C=O) groups excluding carboxylic acids is 2. The van der Waals surface area contributed by atoms with Crippen molar-refractivity contribution in [2.45, 2.75) is 44.0 Å². The van der Waals surface area contributed by atoms with Gasteiger partial charge < -0.3 is 0 Å². The van der Waals surface area contributed by atoms with E-state index in [9.17, 15) is 18.0 Å². The van der Waals surface area contributed by atoms with Crippen LogP contribution in [0.2, 0.25) is 0 Å². The minimum Gasteiger partial charge on any atom is -0.280 e. The molecule has 2 fully saturated rings. The average Bonchev–Trinajstić information content (AvgIpc) is 2.94. The standard InChI is InChI=1S/C22H23BrN2O4S/c1-14-9-10-15(13-25-21(26)18-7-2-3-8-19(18)22(25)27)11-20(14)30(28,29)24-17-6-4-5-16(23)12-17/h4-6,9-12,18-19,24H,2-3,7-8,13H2,1H3/t18-,19+. The van der Waals surface area contributed by atoms with Gasteiger partial charge in [-0.25, -0.2) is 8.42 Å². The maximum Gasteiger partial charge on any atom is 0.262 e. The van der Waals surface area contributed by atoms with Crippen LogP contribution in [-0.4, -0.2) is 25.1 Å². The highest BCUT2D eigenvalue weighted by molar-refractivity contribution is 9.10. The number of carbonyl (C=O) groups is 2. The van der Waals surface area contributed by atoms with E-state index in [1.165, 1.54) is 4.90 Å². The van der Waals surface area contributed by atoms with E-state index in [0.29, 0.717) is 16.8 Å². The van der Waals surface area contributed by atoms with Crippen molar-refractivity contribution < 1.29 is 18.0 Å². The van der Waals surface area contributed by atoms with Crippen molar-refractivity contribution in [3.05, 3.63) is 58.1 Å². The Kier molecular flexibility index (Phi) is 5.72. The van der Waals surface area contributed by atoms with Gasteiger partial charge in [0.1, 0.15) is 0 Å². The zero-order chi connectivity index (χ0) is 21.5. The summed E-state index contributed by atoms with van der Waals surface area (Å²) < 4.78 is 29.3. The number of benzene rings is 2. The van der Waals surface area contributed by atoms with Crippen LogP contribution in [0.15, 0.2) is 51.8 Å². The molecule has 8 heteroatoms. The van der Waals surface area contributed by atoms with E-state index in [1.807, 2.05) is 6.07 Å². The van der Waals surface area contributed by atoms with E-state index in [-0.39, 0.29) is 35.1 Å². The van der Waals surface area contributed by atoms with Crippen LogP contribution in [0.25, 0.3) is 0 Å². The van der Waals surface area contributed by atoms with Crippen molar-refractivity contribution in [1.29, 1.82) is 0 Å². The Labute approximate surface area is 184 Å². The number of amides is 2. The van der Waals surface area contributed by atoms with Crippen molar-refractivity contribution >= 4 is 43.5 Å². The molecule has 0 spiro atoms. The molecule has 1 aliphatic heterocycles. The summed E-state index contributed by atoms with van der Waals surface area (Å²) in [6.45, 7) is 1.82. The number of nitrogens with zero attached hydrogens (tertiary/aromatic N) is 1. The van der Waals surface area contributed by atoms with Gasteiger partial charge in [-0.3, -0.25) is 19.2 Å². The summed E-state index contributed by atoms with van der Waals surface area (Å²) in [7, 11) is -3.82. The van der Waals surface area contributed by atoms with Gasteiger partial charge >= 0.3 is 0 Å². The fourth-order valence-electron chi connectivity index (χ4n) is 4.36. The number of sulfonamides is 1. The molecule has 0 radical (unpaired) electrons. The lowest BCUT2D eigenvalue weighted by Gasteiger charge is -2.19. The quantitative estimate of drug-likeness (QED) is 0.635. The molecule has 2 aromatic carbocycles. The average molecular weight is 491 g/mol. The topological polar surface area (TPSA) is 83.6 Å². The highest BCUT2D eigenvalue weighted by atomic mass is 79.9. The summed E-state index contributed by atoms with van der Waals surface area (Å²) in [6, 6.07) is 11.9. The van der Waals surface area contributed by atoms with E-state index in [2.05, 4.69) is 20.7 Å². The second kappa shape index (κ2) is 8.15. The number of imide groups is 1. The van der Waals surface area contributed by atoms with Gasteiger partial charge in [0.25, 0.3) is 10.0 Å². The Balaban J connectivity index is 1.59. The van der Waals surface area contributed by atoms with E-state index >= 15 is 0 Å². The number of halogens is 1. The molecule has 1 saturated heterocycles. The number of hydrogen-bond acceptors (Lipinski definition) is 4. The molecular weight excluding hydrogens is 468 g/mol. The smallest absolute Gasteiger partial charge is 0.262 e. The Morgan fingerprint density at radius 1 is 1.03 bits per heavy atom. The molecule has 0 aromatic heterocycles. The first kappa shape index (κ1) is 21.1. The predicted molar refractivity (Wildman–Crippen MR) is 117 cm³/mol. The third-order valence-corrected chi connectivity index (χ3v) is 7.91. The zero-order valence-corrected chi connectivity index (χ0v) is 19.0. The molecule has 2 atom stereocenters. The molecule has 0 bridgehead atoms. The summed E-state index contributed by atoms with van der Waals surface area (Å²) in [4.78, 5) is 26.9. The molecule has 2 aliphatic rings. The van der Waals surface area contributed by atoms with Gasteiger partial charge in [-0.05, 0) is 55.2 Å². The highest BCUT2D eigenvalue weighted by Gasteiger charge is 2.47. The van der Waals surface area contributed by atoms with Gasteiger partial charge in [-0.1, -0.05) is 47.0 Å². The van der Waals surface area contributed by atoms with Crippen molar-refractivity contribution in [2.75, 3.05) is 4.72 Å². The summed E-state index contributed by atoms with van der Waals surface area (Å²) in [5.41, 5.74) is 1.66. The first-order chi connectivity index (χ1) is 14.3. The fourth-order valence-corrected chi connectivity index (χ4v) is 6.11. The van der Waals surface area contributed by atoms with Gasteiger partial charge in [0, 0.05) is 10.2 Å². The molecule has 1 saturated carbocycles. The third kappa shape index (κ3) is 4.03. The van der Waals surface area contributed by atoms with Crippen LogP contribution in [0.3, 0.4) is 0 Å². The SMILES string of the molecule is Cc1ccc(CN2C(=O)[C@H]3CCCC[C@H]3C2=O)cc1S(=O)(=O)Nc1cccc(Br)c1. The lowest BCUT2D eigenvalue weighted by molar-refractivity contribution is -0.140. The largest absolute Gasteiger partial charge is 0.280 e. The van der Waals surface area contributed by atoms with Crippen LogP contribution in [0.5, 0.6) is 0 Å². The monoisotopic (exact) mass is 490 g/mol. The van der Waals surface area contributed by atoms with E-state index in [1.54, 1.807) is 43.3 Å². The molecule has 1 aliphatic carbocycles. The molecule has 30 heavy (non-hydrogen) atoms. The summed E-state index contributed by atoms with van der Waals surface area (Å²) in [5, 5.41) is 0. The molecule has 2 aromatic rings. The maximum atomic E-state index is 13.0. The number of hydrogen-bond donors (Lipinski definition) is 1. The Morgan fingerprint density at radius 3 is 2.33 bits per heavy atom. The second-order valence-electron chi connectivity index (χ2n) is 7.98. The number of fused-ring (bicyclic) bond motifs is 1. The van der Waals surface area contributed by atoms with Gasteiger partial charge in [0.2, 0.25) is 11.8 Å². The predicted octanol–water partition coefficient (Wildman–Crippen LogP) is 4.23. The number of rotatable bonds is 5. The van der Waals surface area contributed by atoms with E-state index in [0.717, 1.165) is 30.2 Å². The molecular formula is C22H23BrN2O4S. The van der Waals surface area contributed by atoms with Crippen molar-refractivity contribution in [3.8, 4) is 0 Å². The molecule has 158 valence electrons. The minimum absolute atomic E-state index is 0.102. The van der Waals surface area contributed by atoms with Crippen LogP contribution in [0, 0.1) is 18.8 Å². The highest BCUT2D eigenvalue weighted by Crippen LogP contribution is 2.38. The van der Waals surface area contributed by atoms with E-state index < -0.39 is 10.0 Å². The van der Waals surface area contributed by atoms with Crippen LogP contribution in [-0.2, 0) is 26.2 Å². The number of anilines is 1. The molecule has 1 N–H and O–H groups in total.